The molecule has 2 amide bonds. The molecule has 7 heteroatoms. The van der Waals surface area contributed by atoms with E-state index in [-0.39, 0.29) is 29.6 Å². The third-order valence-corrected chi connectivity index (χ3v) is 7.20. The van der Waals surface area contributed by atoms with Gasteiger partial charge in [0.15, 0.2) is 0 Å². The van der Waals surface area contributed by atoms with E-state index in [4.69, 9.17) is 23.2 Å². The fourth-order valence-corrected chi connectivity index (χ4v) is 5.21. The Morgan fingerprint density at radius 1 is 1.10 bits per heavy atom. The Hall–Kier alpha value is -2.11. The van der Waals surface area contributed by atoms with Crippen LogP contribution >= 0.6 is 23.2 Å². The molecule has 30 heavy (non-hydrogen) atoms. The molecule has 2 aliphatic rings. The van der Waals surface area contributed by atoms with Gasteiger partial charge < -0.3 is 10.6 Å². The summed E-state index contributed by atoms with van der Waals surface area (Å²) in [4.78, 5) is 29.3. The molecule has 0 radical (unpaired) electrons. The number of benzene rings is 1. The first-order chi connectivity index (χ1) is 14.4. The first-order valence-electron chi connectivity index (χ1n) is 10.4. The zero-order valence-electron chi connectivity index (χ0n) is 17.0. The minimum Gasteiger partial charge on any atom is -0.349 e. The number of hydrogen-bond donors (Lipinski definition) is 2. The molecule has 1 heterocycles. The molecule has 2 aliphatic carbocycles. The van der Waals surface area contributed by atoms with Crippen LogP contribution < -0.4 is 10.6 Å². The number of nitrogens with zero attached hydrogens (tertiary/aromatic N) is 1. The van der Waals surface area contributed by atoms with Gasteiger partial charge in [-0.1, -0.05) is 30.1 Å². The summed E-state index contributed by atoms with van der Waals surface area (Å²) in [5, 5.41) is 7.30. The molecular weight excluding hydrogens is 421 g/mol. The standard InChI is InChI=1S/C23H25Cl2N3O2/c1-3-18(28-22(29)13-4-6-14(24)7-5-13)19-16-10-15(11-17(16)19)27-23(30)21-20(25)12(2)8-9-26-21/h4-9,15-19H,3,10-11H2,1-2H3,(H,27,30)(H,28,29)/t15-,16-,17+,18?,19+. The minimum absolute atomic E-state index is 0.0616. The van der Waals surface area contributed by atoms with Gasteiger partial charge in [-0.15, -0.1) is 0 Å². The van der Waals surface area contributed by atoms with Crippen LogP contribution in [0.25, 0.3) is 0 Å². The molecule has 0 saturated heterocycles. The fraction of sp³-hybridized carbons (Fsp3) is 0.435. The maximum absolute atomic E-state index is 12.6. The van der Waals surface area contributed by atoms with Crippen LogP contribution in [-0.2, 0) is 0 Å². The van der Waals surface area contributed by atoms with E-state index in [2.05, 4.69) is 22.5 Å². The summed E-state index contributed by atoms with van der Waals surface area (Å²) in [7, 11) is 0. The van der Waals surface area contributed by atoms with Crippen LogP contribution in [0.5, 0.6) is 0 Å². The molecule has 1 aromatic carbocycles. The van der Waals surface area contributed by atoms with Gasteiger partial charge in [-0.3, -0.25) is 9.59 Å². The number of amides is 2. The lowest BCUT2D eigenvalue weighted by molar-refractivity contribution is 0.0926. The normalized spacial score (nSPS) is 25.3. The molecule has 1 unspecified atom stereocenters. The highest BCUT2D eigenvalue weighted by Gasteiger charge is 2.58. The zero-order chi connectivity index (χ0) is 21.4. The van der Waals surface area contributed by atoms with Crippen molar-refractivity contribution in [2.75, 3.05) is 0 Å². The molecule has 158 valence electrons. The quantitative estimate of drug-likeness (QED) is 0.678. The number of aromatic nitrogens is 1. The van der Waals surface area contributed by atoms with Crippen molar-refractivity contribution >= 4 is 35.0 Å². The second-order valence-electron chi connectivity index (χ2n) is 8.33. The van der Waals surface area contributed by atoms with Crippen LogP contribution in [0, 0.1) is 24.7 Å². The predicted molar refractivity (Wildman–Crippen MR) is 118 cm³/mol. The van der Waals surface area contributed by atoms with Crippen molar-refractivity contribution in [1.29, 1.82) is 0 Å². The Bertz CT molecular complexity index is 951. The van der Waals surface area contributed by atoms with Gasteiger partial charge in [0.1, 0.15) is 5.69 Å². The zero-order valence-corrected chi connectivity index (χ0v) is 18.5. The van der Waals surface area contributed by atoms with E-state index in [0.717, 1.165) is 24.8 Å². The fourth-order valence-electron chi connectivity index (χ4n) is 4.88. The van der Waals surface area contributed by atoms with Gasteiger partial charge in [-0.2, -0.15) is 0 Å². The molecule has 2 fully saturated rings. The van der Waals surface area contributed by atoms with Gasteiger partial charge in [0.25, 0.3) is 11.8 Å². The van der Waals surface area contributed by atoms with Gasteiger partial charge in [0.2, 0.25) is 0 Å². The summed E-state index contributed by atoms with van der Waals surface area (Å²) in [5.74, 6) is 1.27. The third kappa shape index (κ3) is 4.19. The summed E-state index contributed by atoms with van der Waals surface area (Å²) in [6.45, 7) is 3.96. The molecule has 0 spiro atoms. The van der Waals surface area contributed by atoms with Crippen LogP contribution in [0.4, 0.5) is 0 Å². The Kier molecular flexibility index (Phi) is 6.03. The van der Waals surface area contributed by atoms with Crippen molar-refractivity contribution in [3.05, 3.63) is 63.4 Å². The smallest absolute Gasteiger partial charge is 0.271 e. The van der Waals surface area contributed by atoms with Crippen molar-refractivity contribution in [1.82, 2.24) is 15.6 Å². The number of pyridine rings is 1. The second-order valence-corrected chi connectivity index (χ2v) is 9.15. The first-order valence-corrected chi connectivity index (χ1v) is 11.1. The molecule has 2 N–H and O–H groups in total. The lowest BCUT2D eigenvalue weighted by atomic mass is 9.99. The number of nitrogens with one attached hydrogen (secondary N) is 2. The van der Waals surface area contributed by atoms with E-state index in [0.29, 0.717) is 33.4 Å². The first kappa shape index (κ1) is 21.1. The molecule has 5 nitrogen and oxygen atoms in total. The summed E-state index contributed by atoms with van der Waals surface area (Å²) < 4.78 is 0. The number of carbonyl (C=O) groups is 2. The van der Waals surface area contributed by atoms with Crippen molar-refractivity contribution < 1.29 is 9.59 Å². The van der Waals surface area contributed by atoms with Crippen molar-refractivity contribution in [2.45, 2.75) is 45.2 Å². The average Bonchev–Trinajstić information content (AvgIpc) is 3.22. The number of rotatable bonds is 6. The molecule has 5 atom stereocenters. The van der Waals surface area contributed by atoms with Crippen molar-refractivity contribution in [2.24, 2.45) is 17.8 Å². The lowest BCUT2D eigenvalue weighted by Gasteiger charge is -2.22. The van der Waals surface area contributed by atoms with Crippen LogP contribution in [0.15, 0.2) is 36.5 Å². The molecule has 2 aromatic rings. The van der Waals surface area contributed by atoms with E-state index < -0.39 is 0 Å². The van der Waals surface area contributed by atoms with Gasteiger partial charge in [0, 0.05) is 28.9 Å². The highest BCUT2D eigenvalue weighted by molar-refractivity contribution is 6.34. The Labute approximate surface area is 186 Å². The summed E-state index contributed by atoms with van der Waals surface area (Å²) in [6, 6.07) is 9.01. The minimum atomic E-state index is -0.213. The van der Waals surface area contributed by atoms with Gasteiger partial charge in [-0.25, -0.2) is 4.98 Å². The molecule has 4 rings (SSSR count). The third-order valence-electron chi connectivity index (χ3n) is 6.47. The number of halogens is 2. The molecular formula is C23H25Cl2N3O2. The maximum Gasteiger partial charge on any atom is 0.271 e. The topological polar surface area (TPSA) is 71.1 Å². The summed E-state index contributed by atoms with van der Waals surface area (Å²) in [6.07, 6.45) is 4.35. The van der Waals surface area contributed by atoms with E-state index in [1.807, 2.05) is 6.92 Å². The van der Waals surface area contributed by atoms with Crippen LogP contribution in [-0.4, -0.2) is 28.9 Å². The Morgan fingerprint density at radius 2 is 1.77 bits per heavy atom. The molecule has 2 saturated carbocycles. The van der Waals surface area contributed by atoms with E-state index in [1.165, 1.54) is 0 Å². The van der Waals surface area contributed by atoms with E-state index >= 15 is 0 Å². The molecule has 1 aromatic heterocycles. The number of carbonyl (C=O) groups excluding carboxylic acids is 2. The maximum atomic E-state index is 12.6. The predicted octanol–water partition coefficient (Wildman–Crippen LogP) is 4.66. The van der Waals surface area contributed by atoms with Crippen LogP contribution in [0.3, 0.4) is 0 Å². The number of aryl methyl sites for hydroxylation is 1. The number of fused-ring (bicyclic) bond motifs is 1. The highest BCUT2D eigenvalue weighted by atomic mass is 35.5. The lowest BCUT2D eigenvalue weighted by Crippen LogP contribution is -2.39. The highest BCUT2D eigenvalue weighted by Crippen LogP contribution is 2.59. The SMILES string of the molecule is CCC(NC(=O)c1ccc(Cl)cc1)[C@H]1[C@@H]2C[C@@H](NC(=O)c3nccc(C)c3Cl)C[C@@H]21. The van der Waals surface area contributed by atoms with Gasteiger partial charge in [-0.05, 0) is 79.8 Å². The van der Waals surface area contributed by atoms with Gasteiger partial charge >= 0.3 is 0 Å². The molecule has 0 bridgehead atoms. The summed E-state index contributed by atoms with van der Waals surface area (Å²) >= 11 is 12.1. The van der Waals surface area contributed by atoms with E-state index in [9.17, 15) is 9.59 Å². The number of hydrogen-bond acceptors (Lipinski definition) is 3. The molecule has 0 aliphatic heterocycles. The van der Waals surface area contributed by atoms with Gasteiger partial charge in [0.05, 0.1) is 5.02 Å². The van der Waals surface area contributed by atoms with E-state index in [1.54, 1.807) is 36.5 Å². The Morgan fingerprint density at radius 3 is 2.40 bits per heavy atom. The Balaban J connectivity index is 1.31. The summed E-state index contributed by atoms with van der Waals surface area (Å²) in [5.41, 5.74) is 1.75. The largest absolute Gasteiger partial charge is 0.349 e. The van der Waals surface area contributed by atoms with Crippen LogP contribution in [0.1, 0.15) is 52.6 Å². The second kappa shape index (κ2) is 8.56. The van der Waals surface area contributed by atoms with Crippen molar-refractivity contribution in [3.8, 4) is 0 Å². The monoisotopic (exact) mass is 445 g/mol. The van der Waals surface area contributed by atoms with Crippen LogP contribution in [0.2, 0.25) is 10.0 Å². The average molecular weight is 446 g/mol. The van der Waals surface area contributed by atoms with Crippen molar-refractivity contribution in [3.63, 3.8) is 0 Å².